The predicted molar refractivity (Wildman–Crippen MR) is 45.6 cm³/mol. The van der Waals surface area contributed by atoms with Crippen LogP contribution >= 0.6 is 0 Å². The summed E-state index contributed by atoms with van der Waals surface area (Å²) in [5, 5.41) is 2.16. The number of amides is 1. The molecule has 0 radical (unpaired) electrons. The van der Waals surface area contributed by atoms with Crippen LogP contribution in [-0.2, 0) is 4.79 Å². The van der Waals surface area contributed by atoms with E-state index < -0.39 is 18.4 Å². The lowest BCUT2D eigenvalue weighted by atomic mass is 10.2. The third-order valence-corrected chi connectivity index (χ3v) is 2.10. The highest BCUT2D eigenvalue weighted by Gasteiger charge is 2.17. The zero-order valence-corrected chi connectivity index (χ0v) is 7.41. The Labute approximate surface area is 76.0 Å². The van der Waals surface area contributed by atoms with Gasteiger partial charge in [0.2, 0.25) is 0 Å². The lowest BCUT2D eigenvalue weighted by molar-refractivity contribution is -0.119. The first-order chi connectivity index (χ1) is 6.25. The fraction of sp³-hybridized carbons (Fsp3) is 0.667. The summed E-state index contributed by atoms with van der Waals surface area (Å²) in [6, 6.07) is 0. The first-order valence-corrected chi connectivity index (χ1v) is 4.47. The monoisotopic (exact) mass is 189 g/mol. The minimum Gasteiger partial charge on any atom is -0.347 e. The number of allylic oxidation sites excluding steroid dienone is 1. The van der Waals surface area contributed by atoms with Crippen LogP contribution in [0.15, 0.2) is 11.4 Å². The van der Waals surface area contributed by atoms with Crippen molar-refractivity contribution in [2.45, 2.75) is 25.7 Å². The van der Waals surface area contributed by atoms with E-state index in [-0.39, 0.29) is 6.54 Å². The second-order valence-electron chi connectivity index (χ2n) is 3.07. The molecule has 1 amide bonds. The number of hydrogen-bond acceptors (Lipinski definition) is 1. The van der Waals surface area contributed by atoms with Gasteiger partial charge in [-0.3, -0.25) is 4.79 Å². The van der Waals surface area contributed by atoms with Gasteiger partial charge in [0.05, 0.1) is 0 Å². The number of alkyl halides is 1. The molecular formula is C9H13F2NO. The number of rotatable bonds is 3. The van der Waals surface area contributed by atoms with Gasteiger partial charge in [-0.15, -0.1) is 0 Å². The van der Waals surface area contributed by atoms with E-state index in [9.17, 15) is 13.6 Å². The van der Waals surface area contributed by atoms with Crippen LogP contribution in [0.4, 0.5) is 8.78 Å². The van der Waals surface area contributed by atoms with E-state index in [4.69, 9.17) is 0 Å². The second kappa shape index (κ2) is 4.94. The molecule has 0 saturated heterocycles. The number of halogens is 2. The molecular weight excluding hydrogens is 176 g/mol. The average molecular weight is 189 g/mol. The molecule has 0 spiro atoms. The second-order valence-corrected chi connectivity index (χ2v) is 3.07. The van der Waals surface area contributed by atoms with Crippen LogP contribution in [-0.4, -0.2) is 19.1 Å². The topological polar surface area (TPSA) is 29.1 Å². The first kappa shape index (κ1) is 10.2. The summed E-state index contributed by atoms with van der Waals surface area (Å²) in [4.78, 5) is 11.0. The van der Waals surface area contributed by atoms with E-state index in [0.717, 1.165) is 12.8 Å². The van der Waals surface area contributed by atoms with Crippen molar-refractivity contribution in [1.82, 2.24) is 5.32 Å². The van der Waals surface area contributed by atoms with E-state index in [0.29, 0.717) is 18.4 Å². The largest absolute Gasteiger partial charge is 0.347 e. The molecule has 1 aliphatic rings. The van der Waals surface area contributed by atoms with E-state index in [1.54, 1.807) is 0 Å². The zero-order valence-electron chi connectivity index (χ0n) is 7.41. The molecule has 0 aromatic heterocycles. The molecule has 13 heavy (non-hydrogen) atoms. The third-order valence-electron chi connectivity index (χ3n) is 2.10. The lowest BCUT2D eigenvalue weighted by Crippen LogP contribution is -2.26. The van der Waals surface area contributed by atoms with Gasteiger partial charge in [-0.1, -0.05) is 0 Å². The number of carbonyl (C=O) groups is 1. The van der Waals surface area contributed by atoms with Crippen LogP contribution in [0.25, 0.3) is 0 Å². The molecule has 0 aromatic rings. The maximum Gasteiger partial charge on any atom is 0.280 e. The molecule has 2 nitrogen and oxygen atoms in total. The SMILES string of the molecule is O=C(NCCF)C(F)=C1CCCC1. The van der Waals surface area contributed by atoms with Crippen LogP contribution in [0.2, 0.25) is 0 Å². The lowest BCUT2D eigenvalue weighted by Gasteiger charge is -2.02. The van der Waals surface area contributed by atoms with Gasteiger partial charge in [0, 0.05) is 6.54 Å². The van der Waals surface area contributed by atoms with Gasteiger partial charge in [-0.05, 0) is 31.3 Å². The van der Waals surface area contributed by atoms with Gasteiger partial charge in [0.1, 0.15) is 6.67 Å². The molecule has 1 fully saturated rings. The van der Waals surface area contributed by atoms with Crippen molar-refractivity contribution in [1.29, 1.82) is 0 Å². The molecule has 0 unspecified atom stereocenters. The highest BCUT2D eigenvalue weighted by atomic mass is 19.1. The summed E-state index contributed by atoms with van der Waals surface area (Å²) in [6.07, 6.45) is 3.21. The molecule has 1 aliphatic carbocycles. The molecule has 0 heterocycles. The molecule has 0 bridgehead atoms. The third kappa shape index (κ3) is 2.79. The van der Waals surface area contributed by atoms with Crippen LogP contribution in [0.5, 0.6) is 0 Å². The number of nitrogens with one attached hydrogen (secondary N) is 1. The summed E-state index contributed by atoms with van der Waals surface area (Å²) in [5.74, 6) is -1.47. The number of carbonyl (C=O) groups excluding carboxylic acids is 1. The molecule has 4 heteroatoms. The van der Waals surface area contributed by atoms with Gasteiger partial charge < -0.3 is 5.32 Å². The Morgan fingerprint density at radius 2 is 2.00 bits per heavy atom. The Morgan fingerprint density at radius 1 is 1.38 bits per heavy atom. The van der Waals surface area contributed by atoms with Crippen molar-refractivity contribution in [3.8, 4) is 0 Å². The minimum absolute atomic E-state index is 0.112. The maximum absolute atomic E-state index is 13.2. The van der Waals surface area contributed by atoms with Gasteiger partial charge in [-0.2, -0.15) is 0 Å². The van der Waals surface area contributed by atoms with Crippen molar-refractivity contribution in [3.63, 3.8) is 0 Å². The summed E-state index contributed by atoms with van der Waals surface area (Å²) >= 11 is 0. The highest BCUT2D eigenvalue weighted by Crippen LogP contribution is 2.27. The van der Waals surface area contributed by atoms with Crippen LogP contribution < -0.4 is 5.32 Å². The normalized spacial score (nSPS) is 16.0. The molecule has 1 saturated carbocycles. The molecule has 74 valence electrons. The van der Waals surface area contributed by atoms with Crippen LogP contribution in [0, 0.1) is 0 Å². The van der Waals surface area contributed by atoms with Crippen molar-refractivity contribution in [2.75, 3.05) is 13.2 Å². The molecule has 0 aromatic carbocycles. The average Bonchev–Trinajstić information content (AvgIpc) is 2.65. The zero-order chi connectivity index (χ0) is 9.68. The molecule has 0 aliphatic heterocycles. The van der Waals surface area contributed by atoms with E-state index in [2.05, 4.69) is 5.32 Å². The smallest absolute Gasteiger partial charge is 0.280 e. The predicted octanol–water partition coefficient (Wildman–Crippen LogP) is 1.87. The molecule has 0 atom stereocenters. The van der Waals surface area contributed by atoms with Crippen LogP contribution in [0.1, 0.15) is 25.7 Å². The van der Waals surface area contributed by atoms with E-state index in [1.807, 2.05) is 0 Å². The Hall–Kier alpha value is -0.930. The van der Waals surface area contributed by atoms with E-state index >= 15 is 0 Å². The van der Waals surface area contributed by atoms with Crippen LogP contribution in [0.3, 0.4) is 0 Å². The molecule has 1 N–H and O–H groups in total. The fourth-order valence-corrected chi connectivity index (χ4v) is 1.42. The van der Waals surface area contributed by atoms with Crippen molar-refractivity contribution in [2.24, 2.45) is 0 Å². The first-order valence-electron chi connectivity index (χ1n) is 4.47. The Kier molecular flexibility index (Phi) is 3.86. The standard InChI is InChI=1S/C9H13F2NO/c10-5-6-12-9(13)8(11)7-3-1-2-4-7/h1-6H2,(H,12,13). The summed E-state index contributed by atoms with van der Waals surface area (Å²) in [7, 11) is 0. The minimum atomic E-state index is -0.769. The Morgan fingerprint density at radius 3 is 2.54 bits per heavy atom. The van der Waals surface area contributed by atoms with Crippen molar-refractivity contribution < 1.29 is 13.6 Å². The highest BCUT2D eigenvalue weighted by molar-refractivity contribution is 5.91. The van der Waals surface area contributed by atoms with Gasteiger partial charge >= 0.3 is 0 Å². The van der Waals surface area contributed by atoms with Crippen molar-refractivity contribution in [3.05, 3.63) is 11.4 Å². The van der Waals surface area contributed by atoms with Gasteiger partial charge in [-0.25, -0.2) is 8.78 Å². The van der Waals surface area contributed by atoms with Gasteiger partial charge in [0.15, 0.2) is 5.83 Å². The van der Waals surface area contributed by atoms with Gasteiger partial charge in [0.25, 0.3) is 5.91 Å². The Bertz CT molecular complexity index is 218. The van der Waals surface area contributed by atoms with E-state index in [1.165, 1.54) is 0 Å². The quantitative estimate of drug-likeness (QED) is 0.675. The summed E-state index contributed by atoms with van der Waals surface area (Å²) < 4.78 is 24.8. The van der Waals surface area contributed by atoms with Crippen molar-refractivity contribution >= 4 is 5.91 Å². The fourth-order valence-electron chi connectivity index (χ4n) is 1.42. The maximum atomic E-state index is 13.2. The summed E-state index contributed by atoms with van der Waals surface area (Å²) in [5.41, 5.74) is 0.580. The molecule has 1 rings (SSSR count). The Balaban J connectivity index is 2.49. The number of hydrogen-bond donors (Lipinski definition) is 1. The summed E-state index contributed by atoms with van der Waals surface area (Å²) in [6.45, 7) is -0.770.